The summed E-state index contributed by atoms with van der Waals surface area (Å²) >= 11 is 0. The Morgan fingerprint density at radius 1 is 1.18 bits per heavy atom. The quantitative estimate of drug-likeness (QED) is 0.922. The van der Waals surface area contributed by atoms with Crippen LogP contribution < -0.4 is 5.32 Å². The van der Waals surface area contributed by atoms with Gasteiger partial charge in [-0.2, -0.15) is 0 Å². The fraction of sp³-hybridized carbons (Fsp3) is 0.688. The van der Waals surface area contributed by atoms with Gasteiger partial charge in [0.25, 0.3) is 0 Å². The molecular weight excluding hydrogens is 282 g/mol. The summed E-state index contributed by atoms with van der Waals surface area (Å²) in [5, 5.41) is 3.07. The lowest BCUT2D eigenvalue weighted by molar-refractivity contribution is 0.0522. The minimum absolute atomic E-state index is 0.00290. The van der Waals surface area contributed by atoms with Crippen molar-refractivity contribution < 1.29 is 13.9 Å². The standard InChI is InChI=1S/C16H25N3O3/c20-16(19-8-11-21-12-9-19)17-13-14(15-5-4-10-22-15)18-6-2-1-3-7-18/h4-5,10,14H,1-3,6-9,11-13H2,(H,17,20). The molecule has 2 aliphatic rings. The van der Waals surface area contributed by atoms with Gasteiger partial charge < -0.3 is 19.4 Å². The molecule has 2 amide bonds. The third-order valence-electron chi connectivity index (χ3n) is 4.45. The number of rotatable bonds is 4. The molecule has 1 unspecified atom stereocenters. The van der Waals surface area contributed by atoms with Crippen LogP contribution in [0.2, 0.25) is 0 Å². The Morgan fingerprint density at radius 2 is 1.95 bits per heavy atom. The number of likely N-dealkylation sites (tertiary alicyclic amines) is 1. The summed E-state index contributed by atoms with van der Waals surface area (Å²) in [7, 11) is 0. The van der Waals surface area contributed by atoms with Crippen LogP contribution in [0.3, 0.4) is 0 Å². The van der Waals surface area contributed by atoms with Crippen LogP contribution in [0.15, 0.2) is 22.8 Å². The van der Waals surface area contributed by atoms with E-state index in [1.165, 1.54) is 19.3 Å². The lowest BCUT2D eigenvalue weighted by Gasteiger charge is -2.34. The zero-order valence-corrected chi connectivity index (χ0v) is 13.0. The maximum atomic E-state index is 12.3. The Bertz CT molecular complexity index is 451. The monoisotopic (exact) mass is 307 g/mol. The van der Waals surface area contributed by atoms with E-state index in [9.17, 15) is 4.79 Å². The molecule has 0 aliphatic carbocycles. The Balaban J connectivity index is 1.58. The normalized spacial score (nSPS) is 21.5. The average molecular weight is 307 g/mol. The van der Waals surface area contributed by atoms with E-state index in [2.05, 4.69) is 10.2 Å². The first kappa shape index (κ1) is 15.4. The number of urea groups is 1. The van der Waals surface area contributed by atoms with E-state index in [-0.39, 0.29) is 12.1 Å². The van der Waals surface area contributed by atoms with Crippen molar-refractivity contribution in [3.63, 3.8) is 0 Å². The summed E-state index contributed by atoms with van der Waals surface area (Å²) in [6.07, 6.45) is 5.43. The predicted molar refractivity (Wildman–Crippen MR) is 82.7 cm³/mol. The SMILES string of the molecule is O=C(NCC(c1ccco1)N1CCCCC1)N1CCOCC1. The summed E-state index contributed by atoms with van der Waals surface area (Å²) in [4.78, 5) is 16.5. The van der Waals surface area contributed by atoms with Crippen molar-refractivity contribution in [2.45, 2.75) is 25.3 Å². The lowest BCUT2D eigenvalue weighted by atomic mass is 10.1. The molecule has 6 heteroatoms. The smallest absolute Gasteiger partial charge is 0.317 e. The number of carbonyl (C=O) groups excluding carboxylic acids is 1. The van der Waals surface area contributed by atoms with Gasteiger partial charge in [0.15, 0.2) is 0 Å². The van der Waals surface area contributed by atoms with Crippen molar-refractivity contribution in [1.82, 2.24) is 15.1 Å². The molecule has 122 valence electrons. The van der Waals surface area contributed by atoms with Crippen LogP contribution in [0.25, 0.3) is 0 Å². The maximum absolute atomic E-state index is 12.3. The van der Waals surface area contributed by atoms with Crippen LogP contribution in [0, 0.1) is 0 Å². The minimum atomic E-state index is -0.00290. The van der Waals surface area contributed by atoms with Crippen molar-refractivity contribution in [2.75, 3.05) is 45.9 Å². The second-order valence-electron chi connectivity index (χ2n) is 5.91. The van der Waals surface area contributed by atoms with Crippen molar-refractivity contribution in [3.8, 4) is 0 Å². The van der Waals surface area contributed by atoms with Crippen LogP contribution in [0.5, 0.6) is 0 Å². The number of amides is 2. The molecule has 1 atom stereocenters. The number of nitrogens with one attached hydrogen (secondary N) is 1. The Hall–Kier alpha value is -1.53. The van der Waals surface area contributed by atoms with E-state index < -0.39 is 0 Å². The molecule has 1 N–H and O–H groups in total. The van der Waals surface area contributed by atoms with Gasteiger partial charge in [-0.15, -0.1) is 0 Å². The van der Waals surface area contributed by atoms with Crippen LogP contribution in [0.1, 0.15) is 31.1 Å². The number of ether oxygens (including phenoxy) is 1. The molecule has 3 rings (SSSR count). The third-order valence-corrected chi connectivity index (χ3v) is 4.45. The van der Waals surface area contributed by atoms with E-state index in [4.69, 9.17) is 9.15 Å². The van der Waals surface area contributed by atoms with Gasteiger partial charge in [-0.3, -0.25) is 4.90 Å². The fourth-order valence-corrected chi connectivity index (χ4v) is 3.18. The zero-order valence-electron chi connectivity index (χ0n) is 13.0. The molecule has 2 aliphatic heterocycles. The first-order valence-electron chi connectivity index (χ1n) is 8.22. The number of morpholine rings is 1. The van der Waals surface area contributed by atoms with Gasteiger partial charge in [-0.05, 0) is 38.1 Å². The molecule has 2 fully saturated rings. The van der Waals surface area contributed by atoms with Crippen LogP contribution >= 0.6 is 0 Å². The first-order valence-corrected chi connectivity index (χ1v) is 8.22. The highest BCUT2D eigenvalue weighted by Gasteiger charge is 2.26. The molecule has 0 radical (unpaired) electrons. The Morgan fingerprint density at radius 3 is 2.64 bits per heavy atom. The van der Waals surface area contributed by atoms with Gasteiger partial charge in [0.05, 0.1) is 25.5 Å². The molecule has 3 heterocycles. The average Bonchev–Trinajstić information content (AvgIpc) is 3.11. The van der Waals surface area contributed by atoms with Gasteiger partial charge in [0, 0.05) is 19.6 Å². The first-order chi connectivity index (χ1) is 10.8. The van der Waals surface area contributed by atoms with Crippen LogP contribution in [-0.2, 0) is 4.74 Å². The third kappa shape index (κ3) is 3.81. The molecule has 6 nitrogen and oxygen atoms in total. The molecule has 0 bridgehead atoms. The van der Waals surface area contributed by atoms with Crippen molar-refractivity contribution in [3.05, 3.63) is 24.2 Å². The zero-order chi connectivity index (χ0) is 15.2. The number of carbonyl (C=O) groups is 1. The summed E-state index contributed by atoms with van der Waals surface area (Å²) in [6, 6.07) is 4.04. The minimum Gasteiger partial charge on any atom is -0.468 e. The summed E-state index contributed by atoms with van der Waals surface area (Å²) in [5.74, 6) is 0.934. The van der Waals surface area contributed by atoms with Gasteiger partial charge in [-0.1, -0.05) is 6.42 Å². The van der Waals surface area contributed by atoms with Crippen molar-refractivity contribution in [1.29, 1.82) is 0 Å². The lowest BCUT2D eigenvalue weighted by Crippen LogP contribution is -2.48. The van der Waals surface area contributed by atoms with E-state index in [0.717, 1.165) is 18.8 Å². The van der Waals surface area contributed by atoms with Gasteiger partial charge in [-0.25, -0.2) is 4.79 Å². The van der Waals surface area contributed by atoms with Crippen molar-refractivity contribution >= 4 is 6.03 Å². The molecule has 1 aromatic heterocycles. The topological polar surface area (TPSA) is 58.0 Å². The molecule has 0 saturated carbocycles. The molecule has 0 spiro atoms. The van der Waals surface area contributed by atoms with Crippen LogP contribution in [-0.4, -0.2) is 61.8 Å². The molecular formula is C16H25N3O3. The molecule has 1 aromatic rings. The molecule has 22 heavy (non-hydrogen) atoms. The van der Waals surface area contributed by atoms with Gasteiger partial charge in [0.2, 0.25) is 0 Å². The van der Waals surface area contributed by atoms with E-state index in [1.54, 1.807) is 6.26 Å². The van der Waals surface area contributed by atoms with E-state index in [0.29, 0.717) is 32.8 Å². The number of nitrogens with zero attached hydrogens (tertiary/aromatic N) is 2. The van der Waals surface area contributed by atoms with Crippen LogP contribution in [0.4, 0.5) is 4.79 Å². The van der Waals surface area contributed by atoms with Gasteiger partial charge in [0.1, 0.15) is 5.76 Å². The number of furan rings is 1. The van der Waals surface area contributed by atoms with Crippen molar-refractivity contribution in [2.24, 2.45) is 0 Å². The highest BCUT2D eigenvalue weighted by atomic mass is 16.5. The van der Waals surface area contributed by atoms with E-state index in [1.807, 2.05) is 17.0 Å². The molecule has 0 aromatic carbocycles. The highest BCUT2D eigenvalue weighted by molar-refractivity contribution is 5.74. The Labute approximate surface area is 131 Å². The maximum Gasteiger partial charge on any atom is 0.317 e. The number of hydrogen-bond donors (Lipinski definition) is 1. The summed E-state index contributed by atoms with van der Waals surface area (Å²) in [5.41, 5.74) is 0. The largest absolute Gasteiger partial charge is 0.468 e. The Kier molecular flexibility index (Phi) is 5.34. The second kappa shape index (κ2) is 7.65. The predicted octanol–water partition coefficient (Wildman–Crippen LogP) is 1.85. The second-order valence-corrected chi connectivity index (χ2v) is 5.91. The highest BCUT2D eigenvalue weighted by Crippen LogP contribution is 2.24. The molecule has 2 saturated heterocycles. The van der Waals surface area contributed by atoms with E-state index >= 15 is 0 Å². The number of hydrogen-bond acceptors (Lipinski definition) is 4. The fourth-order valence-electron chi connectivity index (χ4n) is 3.18. The number of piperidine rings is 1. The van der Waals surface area contributed by atoms with Gasteiger partial charge >= 0.3 is 6.03 Å². The summed E-state index contributed by atoms with van der Waals surface area (Å²) < 4.78 is 10.9. The summed E-state index contributed by atoms with van der Waals surface area (Å²) in [6.45, 7) is 5.31.